The van der Waals surface area contributed by atoms with Crippen LogP contribution in [-0.4, -0.2) is 42.1 Å². The number of nitrogens with zero attached hydrogens (tertiary/aromatic N) is 3. The Labute approximate surface area is 162 Å². The molecule has 0 spiro atoms. The maximum Gasteiger partial charge on any atom is 0.422 e. The fourth-order valence-electron chi connectivity index (χ4n) is 2.65. The third-order valence-corrected chi connectivity index (χ3v) is 3.93. The summed E-state index contributed by atoms with van der Waals surface area (Å²) < 4.78 is 43.5. The lowest BCUT2D eigenvalue weighted by Gasteiger charge is -2.13. The van der Waals surface area contributed by atoms with Crippen molar-refractivity contribution in [2.75, 3.05) is 20.2 Å². The maximum atomic E-state index is 12.3. The number of rotatable bonds is 8. The molecule has 0 amide bonds. The van der Waals surface area contributed by atoms with Crippen LogP contribution in [-0.2, 0) is 13.1 Å². The van der Waals surface area contributed by atoms with Crippen LogP contribution < -0.4 is 15.4 Å². The molecule has 0 fully saturated rings. The van der Waals surface area contributed by atoms with Crippen LogP contribution in [0.1, 0.15) is 23.4 Å². The molecule has 28 heavy (non-hydrogen) atoms. The molecule has 154 valence electrons. The molecule has 0 saturated heterocycles. The van der Waals surface area contributed by atoms with Crippen molar-refractivity contribution < 1.29 is 17.9 Å². The summed E-state index contributed by atoms with van der Waals surface area (Å²) in [5.74, 6) is 0.805. The molecule has 0 radical (unpaired) electrons. The highest BCUT2D eigenvalue weighted by molar-refractivity contribution is 5.79. The summed E-state index contributed by atoms with van der Waals surface area (Å²) in [6.45, 7) is 4.63. The van der Waals surface area contributed by atoms with Crippen molar-refractivity contribution >= 4 is 5.96 Å². The Hall–Kier alpha value is -2.71. The van der Waals surface area contributed by atoms with Gasteiger partial charge in [-0.2, -0.15) is 18.3 Å². The molecule has 0 aliphatic carbocycles. The third kappa shape index (κ3) is 7.50. The van der Waals surface area contributed by atoms with Gasteiger partial charge in [-0.05, 0) is 44.0 Å². The van der Waals surface area contributed by atoms with Crippen LogP contribution in [0.25, 0.3) is 0 Å². The summed E-state index contributed by atoms with van der Waals surface area (Å²) in [7, 11) is 1.67. The van der Waals surface area contributed by atoms with Gasteiger partial charge in [-0.15, -0.1) is 0 Å². The highest BCUT2D eigenvalue weighted by Crippen LogP contribution is 2.19. The van der Waals surface area contributed by atoms with E-state index in [-0.39, 0.29) is 5.75 Å². The predicted octanol–water partition coefficient (Wildman–Crippen LogP) is 3.20. The highest BCUT2D eigenvalue weighted by Gasteiger charge is 2.28. The number of halogens is 3. The van der Waals surface area contributed by atoms with Gasteiger partial charge < -0.3 is 15.4 Å². The lowest BCUT2D eigenvalue weighted by atomic mass is 10.2. The lowest BCUT2D eigenvalue weighted by Crippen LogP contribution is -2.37. The fourth-order valence-corrected chi connectivity index (χ4v) is 2.65. The summed E-state index contributed by atoms with van der Waals surface area (Å²) in [6.07, 6.45) is -3.48. The second-order valence-corrected chi connectivity index (χ2v) is 6.41. The van der Waals surface area contributed by atoms with Gasteiger partial charge in [0, 0.05) is 32.4 Å². The van der Waals surface area contributed by atoms with Crippen LogP contribution in [0.15, 0.2) is 35.3 Å². The minimum atomic E-state index is -4.35. The summed E-state index contributed by atoms with van der Waals surface area (Å²) in [6, 6.07) is 8.59. The SMILES string of the molecule is CN=C(NCCCn1nc(C)cc1C)NCc1cccc(OCC(F)(F)F)c1. The molecule has 0 aliphatic heterocycles. The number of hydrogen-bond acceptors (Lipinski definition) is 3. The molecule has 0 bridgehead atoms. The second-order valence-electron chi connectivity index (χ2n) is 6.41. The van der Waals surface area contributed by atoms with E-state index in [1.54, 1.807) is 19.2 Å². The third-order valence-electron chi connectivity index (χ3n) is 3.93. The molecular weight excluding hydrogens is 371 g/mol. The summed E-state index contributed by atoms with van der Waals surface area (Å²) in [5.41, 5.74) is 2.93. The number of hydrogen-bond donors (Lipinski definition) is 2. The molecule has 9 heteroatoms. The van der Waals surface area contributed by atoms with E-state index in [0.717, 1.165) is 29.9 Å². The van der Waals surface area contributed by atoms with E-state index in [2.05, 4.69) is 20.7 Å². The van der Waals surface area contributed by atoms with E-state index in [1.807, 2.05) is 30.7 Å². The van der Waals surface area contributed by atoms with Gasteiger partial charge >= 0.3 is 6.18 Å². The number of aromatic nitrogens is 2. The monoisotopic (exact) mass is 397 g/mol. The molecule has 0 atom stereocenters. The number of guanidine groups is 1. The first-order chi connectivity index (χ1) is 13.3. The van der Waals surface area contributed by atoms with Crippen molar-refractivity contribution in [1.29, 1.82) is 0 Å². The number of nitrogens with one attached hydrogen (secondary N) is 2. The number of benzene rings is 1. The Morgan fingerprint density at radius 1 is 1.21 bits per heavy atom. The van der Waals surface area contributed by atoms with Crippen LogP contribution in [0, 0.1) is 13.8 Å². The largest absolute Gasteiger partial charge is 0.484 e. The van der Waals surface area contributed by atoms with Crippen LogP contribution in [0.5, 0.6) is 5.75 Å². The second kappa shape index (κ2) is 10.0. The normalized spacial score (nSPS) is 12.1. The number of aliphatic imine (C=N–C) groups is 1. The van der Waals surface area contributed by atoms with E-state index < -0.39 is 12.8 Å². The van der Waals surface area contributed by atoms with Crippen molar-refractivity contribution in [2.24, 2.45) is 4.99 Å². The van der Waals surface area contributed by atoms with Gasteiger partial charge in [-0.3, -0.25) is 9.67 Å². The van der Waals surface area contributed by atoms with Crippen LogP contribution in [0.3, 0.4) is 0 Å². The van der Waals surface area contributed by atoms with E-state index in [4.69, 9.17) is 4.74 Å². The van der Waals surface area contributed by atoms with Gasteiger partial charge in [-0.25, -0.2) is 0 Å². The van der Waals surface area contributed by atoms with E-state index in [1.165, 1.54) is 6.07 Å². The van der Waals surface area contributed by atoms with Crippen molar-refractivity contribution in [3.63, 3.8) is 0 Å². The van der Waals surface area contributed by atoms with E-state index in [9.17, 15) is 13.2 Å². The van der Waals surface area contributed by atoms with Crippen molar-refractivity contribution in [3.8, 4) is 5.75 Å². The standard InChI is InChI=1S/C19H26F3N5O/c1-14-10-15(2)27(26-14)9-5-8-24-18(23-3)25-12-16-6-4-7-17(11-16)28-13-19(20,21)22/h4,6-7,10-11H,5,8-9,12-13H2,1-3H3,(H2,23,24,25). The molecular formula is C19H26F3N5O. The highest BCUT2D eigenvalue weighted by atomic mass is 19.4. The molecule has 1 aromatic heterocycles. The number of aryl methyl sites for hydroxylation is 3. The van der Waals surface area contributed by atoms with Crippen LogP contribution in [0.4, 0.5) is 13.2 Å². The zero-order valence-electron chi connectivity index (χ0n) is 16.3. The molecule has 2 aromatic rings. The summed E-state index contributed by atoms with van der Waals surface area (Å²) >= 11 is 0. The molecule has 0 unspecified atom stereocenters. The topological polar surface area (TPSA) is 63.5 Å². The number of ether oxygens (including phenoxy) is 1. The lowest BCUT2D eigenvalue weighted by molar-refractivity contribution is -0.153. The predicted molar refractivity (Wildman–Crippen MR) is 103 cm³/mol. The molecule has 0 saturated carbocycles. The number of alkyl halides is 3. The molecule has 2 N–H and O–H groups in total. The minimum Gasteiger partial charge on any atom is -0.484 e. The fraction of sp³-hybridized carbons (Fsp3) is 0.474. The molecule has 2 rings (SSSR count). The van der Waals surface area contributed by atoms with Gasteiger partial charge in [0.15, 0.2) is 12.6 Å². The van der Waals surface area contributed by atoms with Crippen LogP contribution in [0.2, 0.25) is 0 Å². The van der Waals surface area contributed by atoms with E-state index in [0.29, 0.717) is 19.0 Å². The van der Waals surface area contributed by atoms with Gasteiger partial charge in [0.05, 0.1) is 5.69 Å². The Morgan fingerprint density at radius 2 is 2.00 bits per heavy atom. The van der Waals surface area contributed by atoms with Gasteiger partial charge in [0.2, 0.25) is 0 Å². The van der Waals surface area contributed by atoms with Crippen LogP contribution >= 0.6 is 0 Å². The Bertz CT molecular complexity index is 786. The Morgan fingerprint density at radius 3 is 2.64 bits per heavy atom. The minimum absolute atomic E-state index is 0.185. The smallest absolute Gasteiger partial charge is 0.422 e. The van der Waals surface area contributed by atoms with Gasteiger partial charge in [0.1, 0.15) is 5.75 Å². The van der Waals surface area contributed by atoms with Crippen molar-refractivity contribution in [1.82, 2.24) is 20.4 Å². The average molecular weight is 397 g/mol. The first-order valence-corrected chi connectivity index (χ1v) is 9.01. The van der Waals surface area contributed by atoms with Gasteiger partial charge in [0.25, 0.3) is 0 Å². The Balaban J connectivity index is 1.75. The zero-order valence-corrected chi connectivity index (χ0v) is 16.3. The van der Waals surface area contributed by atoms with Gasteiger partial charge in [-0.1, -0.05) is 12.1 Å². The molecule has 1 aromatic carbocycles. The van der Waals surface area contributed by atoms with E-state index >= 15 is 0 Å². The maximum absolute atomic E-state index is 12.3. The summed E-state index contributed by atoms with van der Waals surface area (Å²) in [4.78, 5) is 4.15. The average Bonchev–Trinajstić information content (AvgIpc) is 2.96. The molecule has 0 aliphatic rings. The first kappa shape index (κ1) is 21.6. The van der Waals surface area contributed by atoms with Crippen molar-refractivity contribution in [3.05, 3.63) is 47.3 Å². The quantitative estimate of drug-likeness (QED) is 0.408. The molecule has 1 heterocycles. The zero-order chi connectivity index (χ0) is 20.6. The first-order valence-electron chi connectivity index (χ1n) is 9.01. The van der Waals surface area contributed by atoms with Crippen molar-refractivity contribution in [2.45, 2.75) is 39.5 Å². The molecule has 6 nitrogen and oxygen atoms in total. The Kier molecular flexibility index (Phi) is 7.71. The summed E-state index contributed by atoms with van der Waals surface area (Å²) in [5, 5.41) is 10.8.